The summed E-state index contributed by atoms with van der Waals surface area (Å²) in [6, 6.07) is 4.55. The Balaban J connectivity index is 2.81. The average molecular weight is 332 g/mol. The SMILES string of the molecule is Cc1cc(NC(=O)CC(C)C(C)(C)C)ccc1S(=O)(=O)Cl. The summed E-state index contributed by atoms with van der Waals surface area (Å²) in [6.45, 7) is 9.95. The van der Waals surface area contributed by atoms with Crippen molar-refractivity contribution in [3.8, 4) is 0 Å². The third-order valence-electron chi connectivity index (χ3n) is 3.69. The first-order valence-corrected chi connectivity index (χ1v) is 9.07. The number of carbonyl (C=O) groups is 1. The quantitative estimate of drug-likeness (QED) is 0.850. The van der Waals surface area contributed by atoms with Gasteiger partial charge in [-0.1, -0.05) is 27.7 Å². The molecule has 0 aliphatic carbocycles. The highest BCUT2D eigenvalue weighted by atomic mass is 35.7. The topological polar surface area (TPSA) is 63.2 Å². The lowest BCUT2D eigenvalue weighted by atomic mass is 9.80. The van der Waals surface area contributed by atoms with Crippen molar-refractivity contribution in [1.82, 2.24) is 0 Å². The normalized spacial score (nSPS) is 13.8. The fourth-order valence-electron chi connectivity index (χ4n) is 1.80. The fourth-order valence-corrected chi connectivity index (χ4v) is 2.99. The van der Waals surface area contributed by atoms with E-state index in [4.69, 9.17) is 10.7 Å². The Morgan fingerprint density at radius 2 is 1.90 bits per heavy atom. The van der Waals surface area contributed by atoms with Gasteiger partial charge in [-0.2, -0.15) is 0 Å². The van der Waals surface area contributed by atoms with E-state index < -0.39 is 9.05 Å². The molecule has 0 spiro atoms. The molecule has 0 saturated heterocycles. The Morgan fingerprint density at radius 1 is 1.33 bits per heavy atom. The van der Waals surface area contributed by atoms with Crippen LogP contribution in [0.3, 0.4) is 0 Å². The molecule has 21 heavy (non-hydrogen) atoms. The molecule has 0 radical (unpaired) electrons. The molecule has 1 N–H and O–H groups in total. The molecular weight excluding hydrogens is 310 g/mol. The van der Waals surface area contributed by atoms with E-state index >= 15 is 0 Å². The first-order chi connectivity index (χ1) is 9.41. The minimum absolute atomic E-state index is 0.0593. The smallest absolute Gasteiger partial charge is 0.261 e. The van der Waals surface area contributed by atoms with Gasteiger partial charge >= 0.3 is 0 Å². The Kier molecular flexibility index (Phi) is 5.45. The van der Waals surface area contributed by atoms with Gasteiger partial charge in [0.15, 0.2) is 0 Å². The van der Waals surface area contributed by atoms with Crippen LogP contribution in [0.15, 0.2) is 23.1 Å². The highest BCUT2D eigenvalue weighted by molar-refractivity contribution is 8.13. The monoisotopic (exact) mass is 331 g/mol. The van der Waals surface area contributed by atoms with Crippen LogP contribution in [0.1, 0.15) is 39.7 Å². The van der Waals surface area contributed by atoms with Gasteiger partial charge in [-0.3, -0.25) is 4.79 Å². The predicted octanol–water partition coefficient (Wildman–Crippen LogP) is 3.93. The van der Waals surface area contributed by atoms with Crippen LogP contribution in [-0.4, -0.2) is 14.3 Å². The molecule has 0 bridgehead atoms. The number of carbonyl (C=O) groups excluding carboxylic acids is 1. The summed E-state index contributed by atoms with van der Waals surface area (Å²) in [7, 11) is 1.57. The van der Waals surface area contributed by atoms with Gasteiger partial charge in [-0.05, 0) is 42.0 Å². The second kappa shape index (κ2) is 6.36. The maximum atomic E-state index is 12.0. The molecule has 1 amide bonds. The Morgan fingerprint density at radius 3 is 2.33 bits per heavy atom. The number of nitrogens with one attached hydrogen (secondary N) is 1. The largest absolute Gasteiger partial charge is 0.326 e. The van der Waals surface area contributed by atoms with E-state index in [0.717, 1.165) is 0 Å². The summed E-state index contributed by atoms with van der Waals surface area (Å²) in [5, 5.41) is 2.79. The zero-order valence-corrected chi connectivity index (χ0v) is 14.6. The van der Waals surface area contributed by atoms with Crippen molar-refractivity contribution in [3.05, 3.63) is 23.8 Å². The molecule has 0 aromatic heterocycles. The van der Waals surface area contributed by atoms with Gasteiger partial charge < -0.3 is 5.32 Å². The molecule has 1 atom stereocenters. The van der Waals surface area contributed by atoms with Crippen LogP contribution < -0.4 is 5.32 Å². The Bertz CT molecular complexity index is 633. The lowest BCUT2D eigenvalue weighted by Crippen LogP contribution is -2.23. The fraction of sp³-hybridized carbons (Fsp3) is 0.533. The second-order valence-corrected chi connectivity index (χ2v) is 8.97. The van der Waals surface area contributed by atoms with Crippen molar-refractivity contribution in [2.45, 2.75) is 45.9 Å². The standard InChI is InChI=1S/C15H22ClNO3S/c1-10-8-12(6-7-13(10)21(16,19)20)17-14(18)9-11(2)15(3,4)5/h6-8,11H,9H2,1-5H3,(H,17,18). The Labute approximate surface area is 131 Å². The molecule has 1 aromatic carbocycles. The molecular formula is C15H22ClNO3S. The van der Waals surface area contributed by atoms with Crippen molar-refractivity contribution in [3.63, 3.8) is 0 Å². The van der Waals surface area contributed by atoms with Crippen molar-refractivity contribution in [2.75, 3.05) is 5.32 Å². The van der Waals surface area contributed by atoms with E-state index in [1.807, 2.05) is 6.92 Å². The molecule has 1 rings (SSSR count). The molecule has 0 heterocycles. The molecule has 4 nitrogen and oxygen atoms in total. The van der Waals surface area contributed by atoms with E-state index in [1.54, 1.807) is 19.1 Å². The molecule has 0 fully saturated rings. The summed E-state index contributed by atoms with van der Waals surface area (Å²) < 4.78 is 22.6. The first-order valence-electron chi connectivity index (χ1n) is 6.76. The summed E-state index contributed by atoms with van der Waals surface area (Å²) in [5.74, 6) is 0.152. The third-order valence-corrected chi connectivity index (χ3v) is 5.17. The molecule has 6 heteroatoms. The van der Waals surface area contributed by atoms with E-state index in [0.29, 0.717) is 17.7 Å². The maximum absolute atomic E-state index is 12.0. The number of rotatable bonds is 4. The van der Waals surface area contributed by atoms with Crippen LogP contribution in [0.2, 0.25) is 0 Å². The lowest BCUT2D eigenvalue weighted by Gasteiger charge is -2.26. The number of hydrogen-bond donors (Lipinski definition) is 1. The van der Waals surface area contributed by atoms with Gasteiger partial charge in [0.1, 0.15) is 0 Å². The summed E-state index contributed by atoms with van der Waals surface area (Å²) in [6.07, 6.45) is 0.415. The van der Waals surface area contributed by atoms with E-state index in [9.17, 15) is 13.2 Å². The van der Waals surface area contributed by atoms with Crippen LogP contribution in [0.25, 0.3) is 0 Å². The predicted molar refractivity (Wildman–Crippen MR) is 86.1 cm³/mol. The van der Waals surface area contributed by atoms with Gasteiger partial charge in [0.05, 0.1) is 4.90 Å². The maximum Gasteiger partial charge on any atom is 0.261 e. The van der Waals surface area contributed by atoms with Gasteiger partial charge in [0, 0.05) is 22.8 Å². The van der Waals surface area contributed by atoms with Crippen LogP contribution in [0.4, 0.5) is 5.69 Å². The van der Waals surface area contributed by atoms with Gasteiger partial charge in [0.2, 0.25) is 5.91 Å². The van der Waals surface area contributed by atoms with Crippen molar-refractivity contribution < 1.29 is 13.2 Å². The second-order valence-electron chi connectivity index (χ2n) is 6.44. The highest BCUT2D eigenvalue weighted by Crippen LogP contribution is 2.28. The zero-order valence-electron chi connectivity index (χ0n) is 13.0. The molecule has 0 aliphatic heterocycles. The van der Waals surface area contributed by atoms with E-state index in [1.165, 1.54) is 6.07 Å². The average Bonchev–Trinajstić information content (AvgIpc) is 2.25. The zero-order chi connectivity index (χ0) is 16.4. The molecule has 0 aliphatic rings. The number of halogens is 1. The summed E-state index contributed by atoms with van der Waals surface area (Å²) >= 11 is 0. The van der Waals surface area contributed by atoms with Crippen molar-refractivity contribution in [2.24, 2.45) is 11.3 Å². The molecule has 1 unspecified atom stereocenters. The first kappa shape index (κ1) is 18.0. The molecule has 118 valence electrons. The third kappa shape index (κ3) is 5.32. The van der Waals surface area contributed by atoms with Crippen LogP contribution in [0.5, 0.6) is 0 Å². The minimum Gasteiger partial charge on any atom is -0.326 e. The van der Waals surface area contributed by atoms with Crippen molar-refractivity contribution in [1.29, 1.82) is 0 Å². The van der Waals surface area contributed by atoms with E-state index in [2.05, 4.69) is 26.1 Å². The number of aryl methyl sites for hydroxylation is 1. The number of benzene rings is 1. The Hall–Kier alpha value is -1.07. The number of hydrogen-bond acceptors (Lipinski definition) is 3. The lowest BCUT2D eigenvalue weighted by molar-refractivity contribution is -0.117. The van der Waals surface area contributed by atoms with Gasteiger partial charge in [-0.15, -0.1) is 0 Å². The minimum atomic E-state index is -3.76. The highest BCUT2D eigenvalue weighted by Gasteiger charge is 2.22. The molecule has 1 aromatic rings. The van der Waals surface area contributed by atoms with Crippen molar-refractivity contribution >= 4 is 31.3 Å². The van der Waals surface area contributed by atoms with Gasteiger partial charge in [-0.25, -0.2) is 8.42 Å². The van der Waals surface area contributed by atoms with Crippen LogP contribution in [0, 0.1) is 18.3 Å². The van der Waals surface area contributed by atoms with Crippen LogP contribution >= 0.6 is 10.7 Å². The summed E-state index contributed by atoms with van der Waals surface area (Å²) in [5.41, 5.74) is 1.14. The van der Waals surface area contributed by atoms with Crippen LogP contribution in [-0.2, 0) is 13.8 Å². The number of amides is 1. The van der Waals surface area contributed by atoms with Gasteiger partial charge in [0.25, 0.3) is 9.05 Å². The molecule has 0 saturated carbocycles. The number of anilines is 1. The summed E-state index contributed by atoms with van der Waals surface area (Å²) in [4.78, 5) is 12.1. The van der Waals surface area contributed by atoms with E-state index in [-0.39, 0.29) is 22.1 Å².